The predicted molar refractivity (Wildman–Crippen MR) is 62.4 cm³/mol. The zero-order valence-electron chi connectivity index (χ0n) is 9.94. The summed E-state index contributed by atoms with van der Waals surface area (Å²) in [5.41, 5.74) is 0.331. The highest BCUT2D eigenvalue weighted by molar-refractivity contribution is 5.93. The van der Waals surface area contributed by atoms with Gasteiger partial charge in [-0.1, -0.05) is 0 Å². The van der Waals surface area contributed by atoms with E-state index < -0.39 is 5.97 Å². The van der Waals surface area contributed by atoms with E-state index in [0.29, 0.717) is 12.0 Å². The van der Waals surface area contributed by atoms with Crippen LogP contribution in [0.5, 0.6) is 0 Å². The highest BCUT2D eigenvalue weighted by Crippen LogP contribution is 2.60. The maximum absolute atomic E-state index is 11.8. The standard InChI is InChI=1S/C13H15NO4/c15-11(9-3-4-10(18-9)12(16)17)14-7-13(5-6-13)8-1-2-8/h3-4,8H,1-2,5-7H2,(H,14,15)(H,16,17). The van der Waals surface area contributed by atoms with E-state index in [2.05, 4.69) is 5.32 Å². The van der Waals surface area contributed by atoms with Crippen molar-refractivity contribution in [2.75, 3.05) is 6.54 Å². The van der Waals surface area contributed by atoms with E-state index in [1.165, 1.54) is 37.8 Å². The molecule has 96 valence electrons. The highest BCUT2D eigenvalue weighted by Gasteiger charge is 2.53. The van der Waals surface area contributed by atoms with Gasteiger partial charge >= 0.3 is 5.97 Å². The number of carbonyl (C=O) groups is 2. The summed E-state index contributed by atoms with van der Waals surface area (Å²) < 4.78 is 4.96. The number of aromatic carboxylic acids is 1. The highest BCUT2D eigenvalue weighted by atomic mass is 16.4. The normalized spacial score (nSPS) is 20.4. The summed E-state index contributed by atoms with van der Waals surface area (Å²) in [6.45, 7) is 0.680. The maximum Gasteiger partial charge on any atom is 0.371 e. The van der Waals surface area contributed by atoms with Crippen LogP contribution in [0.3, 0.4) is 0 Å². The maximum atomic E-state index is 11.8. The van der Waals surface area contributed by atoms with Crippen LogP contribution in [0.2, 0.25) is 0 Å². The molecular formula is C13H15NO4. The molecule has 18 heavy (non-hydrogen) atoms. The average Bonchev–Trinajstić information content (AvgIpc) is 3.23. The molecule has 5 nitrogen and oxygen atoms in total. The summed E-state index contributed by atoms with van der Waals surface area (Å²) >= 11 is 0. The topological polar surface area (TPSA) is 79.5 Å². The van der Waals surface area contributed by atoms with Crippen LogP contribution in [0, 0.1) is 11.3 Å². The molecule has 1 aromatic rings. The molecule has 2 fully saturated rings. The third kappa shape index (κ3) is 2.00. The van der Waals surface area contributed by atoms with Gasteiger partial charge in [0.2, 0.25) is 5.76 Å². The molecule has 0 bridgehead atoms. The van der Waals surface area contributed by atoms with Gasteiger partial charge in [0, 0.05) is 6.54 Å². The van der Waals surface area contributed by atoms with Crippen molar-refractivity contribution in [3.63, 3.8) is 0 Å². The number of carboxylic acid groups (broad SMARTS) is 1. The molecule has 5 heteroatoms. The molecule has 3 rings (SSSR count). The molecule has 0 atom stereocenters. The number of hydrogen-bond acceptors (Lipinski definition) is 3. The largest absolute Gasteiger partial charge is 0.475 e. The molecule has 0 saturated heterocycles. The van der Waals surface area contributed by atoms with Crippen LogP contribution < -0.4 is 5.32 Å². The van der Waals surface area contributed by atoms with E-state index in [4.69, 9.17) is 9.52 Å². The lowest BCUT2D eigenvalue weighted by atomic mass is 10.0. The zero-order valence-corrected chi connectivity index (χ0v) is 9.94. The van der Waals surface area contributed by atoms with Gasteiger partial charge < -0.3 is 14.8 Å². The molecule has 2 N–H and O–H groups in total. The van der Waals surface area contributed by atoms with Gasteiger partial charge in [-0.2, -0.15) is 0 Å². The van der Waals surface area contributed by atoms with Gasteiger partial charge in [-0.3, -0.25) is 4.79 Å². The Hall–Kier alpha value is -1.78. The summed E-state index contributed by atoms with van der Waals surface area (Å²) in [6.07, 6.45) is 4.94. The van der Waals surface area contributed by atoms with Crippen molar-refractivity contribution in [1.29, 1.82) is 0 Å². The summed E-state index contributed by atoms with van der Waals surface area (Å²) in [7, 11) is 0. The van der Waals surface area contributed by atoms with E-state index in [1.807, 2.05) is 0 Å². The van der Waals surface area contributed by atoms with Crippen molar-refractivity contribution in [2.24, 2.45) is 11.3 Å². The van der Waals surface area contributed by atoms with Gasteiger partial charge in [-0.15, -0.1) is 0 Å². The van der Waals surface area contributed by atoms with Crippen LogP contribution in [-0.2, 0) is 0 Å². The molecule has 0 aliphatic heterocycles. The number of amides is 1. The molecule has 1 aromatic heterocycles. The van der Waals surface area contributed by atoms with E-state index in [9.17, 15) is 9.59 Å². The van der Waals surface area contributed by atoms with Gasteiger partial charge in [0.1, 0.15) is 0 Å². The molecule has 0 radical (unpaired) electrons. The predicted octanol–water partition coefficient (Wildman–Crippen LogP) is 1.90. The van der Waals surface area contributed by atoms with Crippen LogP contribution in [-0.4, -0.2) is 23.5 Å². The molecule has 0 spiro atoms. The Morgan fingerprint density at radius 1 is 1.33 bits per heavy atom. The first-order chi connectivity index (χ1) is 8.61. The number of carbonyl (C=O) groups excluding carboxylic acids is 1. The monoisotopic (exact) mass is 249 g/mol. The minimum Gasteiger partial charge on any atom is -0.475 e. The third-order valence-electron chi connectivity index (χ3n) is 3.98. The fourth-order valence-electron chi connectivity index (χ4n) is 2.50. The van der Waals surface area contributed by atoms with Crippen LogP contribution in [0.4, 0.5) is 0 Å². The zero-order chi connectivity index (χ0) is 12.8. The first-order valence-electron chi connectivity index (χ1n) is 6.22. The van der Waals surface area contributed by atoms with E-state index in [-0.39, 0.29) is 17.4 Å². The second-order valence-corrected chi connectivity index (χ2v) is 5.29. The number of carboxylic acids is 1. The lowest BCUT2D eigenvalue weighted by Crippen LogP contribution is -2.30. The second-order valence-electron chi connectivity index (χ2n) is 5.29. The van der Waals surface area contributed by atoms with Gasteiger partial charge in [-0.05, 0) is 49.1 Å². The summed E-state index contributed by atoms with van der Waals surface area (Å²) in [4.78, 5) is 22.4. The smallest absolute Gasteiger partial charge is 0.371 e. The molecular weight excluding hydrogens is 234 g/mol. The van der Waals surface area contributed by atoms with Crippen molar-refractivity contribution < 1.29 is 19.1 Å². The number of hydrogen-bond donors (Lipinski definition) is 2. The Labute approximate surface area is 104 Å². The summed E-state index contributed by atoms with van der Waals surface area (Å²) in [5.74, 6) is -0.841. The lowest BCUT2D eigenvalue weighted by molar-refractivity contribution is 0.0659. The molecule has 2 saturated carbocycles. The van der Waals surface area contributed by atoms with Gasteiger partial charge in [0.25, 0.3) is 5.91 Å². The van der Waals surface area contributed by atoms with E-state index >= 15 is 0 Å². The second kappa shape index (κ2) is 3.86. The van der Waals surface area contributed by atoms with Crippen molar-refractivity contribution >= 4 is 11.9 Å². The van der Waals surface area contributed by atoms with Crippen LogP contribution in [0.15, 0.2) is 16.5 Å². The van der Waals surface area contributed by atoms with Gasteiger partial charge in [-0.25, -0.2) is 4.79 Å². The summed E-state index contributed by atoms with van der Waals surface area (Å²) in [5, 5.41) is 11.6. The van der Waals surface area contributed by atoms with E-state index in [1.54, 1.807) is 0 Å². The number of nitrogens with one attached hydrogen (secondary N) is 1. The Morgan fingerprint density at radius 3 is 2.50 bits per heavy atom. The van der Waals surface area contributed by atoms with Crippen LogP contribution >= 0.6 is 0 Å². The van der Waals surface area contributed by atoms with Gasteiger partial charge in [0.05, 0.1) is 0 Å². The van der Waals surface area contributed by atoms with Crippen molar-refractivity contribution in [1.82, 2.24) is 5.32 Å². The number of rotatable bonds is 5. The van der Waals surface area contributed by atoms with E-state index in [0.717, 1.165) is 5.92 Å². The molecule has 0 aromatic carbocycles. The molecule has 2 aliphatic rings. The van der Waals surface area contributed by atoms with Crippen molar-refractivity contribution in [3.05, 3.63) is 23.7 Å². The Bertz CT molecular complexity index is 497. The first kappa shape index (κ1) is 11.3. The fraction of sp³-hybridized carbons (Fsp3) is 0.538. The molecule has 0 unspecified atom stereocenters. The molecule has 1 heterocycles. The third-order valence-corrected chi connectivity index (χ3v) is 3.98. The SMILES string of the molecule is O=C(O)c1ccc(C(=O)NCC2(C3CC3)CC2)o1. The van der Waals surface area contributed by atoms with Crippen LogP contribution in [0.1, 0.15) is 46.8 Å². The molecule has 1 amide bonds. The lowest BCUT2D eigenvalue weighted by Gasteiger charge is -2.13. The Balaban J connectivity index is 1.59. The van der Waals surface area contributed by atoms with Gasteiger partial charge in [0.15, 0.2) is 5.76 Å². The van der Waals surface area contributed by atoms with Crippen LogP contribution in [0.25, 0.3) is 0 Å². The summed E-state index contributed by atoms with van der Waals surface area (Å²) in [6, 6.07) is 2.69. The Kier molecular flexibility index (Phi) is 2.43. The van der Waals surface area contributed by atoms with Crippen molar-refractivity contribution in [3.8, 4) is 0 Å². The number of furan rings is 1. The minimum absolute atomic E-state index is 0.0685. The minimum atomic E-state index is -1.16. The first-order valence-corrected chi connectivity index (χ1v) is 6.22. The van der Waals surface area contributed by atoms with Crippen molar-refractivity contribution in [2.45, 2.75) is 25.7 Å². The quantitative estimate of drug-likeness (QED) is 0.835. The fourth-order valence-corrected chi connectivity index (χ4v) is 2.50. The Morgan fingerprint density at radius 2 is 2.00 bits per heavy atom. The molecule has 2 aliphatic carbocycles. The average molecular weight is 249 g/mol.